The smallest absolute Gasteiger partial charge is 0.139 e. The standard InChI is InChI=1S/C15H13FN4S/c1-9-3-10(5-12(16)4-9)15-18-13(6-14(21)19-15)11-7-17-20(2)8-11/h3-8H,1-2H3,(H,18,19,21). The van der Waals surface area contributed by atoms with Gasteiger partial charge < -0.3 is 4.98 Å². The maximum atomic E-state index is 13.6. The Morgan fingerprint density at radius 1 is 1.19 bits per heavy atom. The normalized spacial score (nSPS) is 10.8. The van der Waals surface area contributed by atoms with E-state index in [9.17, 15) is 4.39 Å². The first-order chi connectivity index (χ1) is 10.0. The van der Waals surface area contributed by atoms with Gasteiger partial charge in [0, 0.05) is 24.4 Å². The van der Waals surface area contributed by atoms with Crippen molar-refractivity contribution in [3.05, 3.63) is 52.7 Å². The van der Waals surface area contributed by atoms with Crippen LogP contribution in [0.4, 0.5) is 4.39 Å². The second kappa shape index (κ2) is 5.21. The van der Waals surface area contributed by atoms with Crippen molar-refractivity contribution in [2.45, 2.75) is 6.92 Å². The summed E-state index contributed by atoms with van der Waals surface area (Å²) in [5, 5.41) is 4.14. The quantitative estimate of drug-likeness (QED) is 0.735. The molecule has 106 valence electrons. The summed E-state index contributed by atoms with van der Waals surface area (Å²) in [5.41, 5.74) is 3.21. The topological polar surface area (TPSA) is 46.5 Å². The molecule has 2 heterocycles. The first-order valence-electron chi connectivity index (χ1n) is 6.39. The molecule has 0 aliphatic rings. The summed E-state index contributed by atoms with van der Waals surface area (Å²) in [5.74, 6) is 0.252. The van der Waals surface area contributed by atoms with Crippen molar-refractivity contribution in [3.8, 4) is 22.6 Å². The fraction of sp³-hybridized carbons (Fsp3) is 0.133. The van der Waals surface area contributed by atoms with Crippen LogP contribution in [-0.2, 0) is 7.05 Å². The molecule has 0 radical (unpaired) electrons. The summed E-state index contributed by atoms with van der Waals surface area (Å²) in [4.78, 5) is 7.47. The lowest BCUT2D eigenvalue weighted by Crippen LogP contribution is -1.94. The molecular weight excluding hydrogens is 287 g/mol. The zero-order valence-corrected chi connectivity index (χ0v) is 12.4. The summed E-state index contributed by atoms with van der Waals surface area (Å²) in [6, 6.07) is 6.54. The molecule has 21 heavy (non-hydrogen) atoms. The monoisotopic (exact) mass is 300 g/mol. The Bertz CT molecular complexity index is 846. The zero-order valence-electron chi connectivity index (χ0n) is 11.6. The summed E-state index contributed by atoms with van der Waals surface area (Å²) in [6.07, 6.45) is 3.61. The van der Waals surface area contributed by atoms with Gasteiger partial charge in [-0.2, -0.15) is 5.10 Å². The largest absolute Gasteiger partial charge is 0.339 e. The molecule has 3 aromatic rings. The number of aromatic amines is 1. The Labute approximate surface area is 126 Å². The van der Waals surface area contributed by atoms with Gasteiger partial charge in [0.05, 0.1) is 11.9 Å². The van der Waals surface area contributed by atoms with Gasteiger partial charge in [0.15, 0.2) is 0 Å². The molecule has 0 saturated heterocycles. The Morgan fingerprint density at radius 2 is 2.00 bits per heavy atom. The number of rotatable bonds is 2. The molecule has 0 aliphatic carbocycles. The predicted molar refractivity (Wildman–Crippen MR) is 81.8 cm³/mol. The van der Waals surface area contributed by atoms with Gasteiger partial charge in [-0.25, -0.2) is 9.37 Å². The van der Waals surface area contributed by atoms with Gasteiger partial charge in [0.1, 0.15) is 16.3 Å². The van der Waals surface area contributed by atoms with Crippen molar-refractivity contribution in [1.82, 2.24) is 19.7 Å². The fourth-order valence-electron chi connectivity index (χ4n) is 2.18. The number of hydrogen-bond donors (Lipinski definition) is 1. The van der Waals surface area contributed by atoms with Crippen molar-refractivity contribution < 1.29 is 4.39 Å². The molecule has 2 aromatic heterocycles. The molecule has 0 atom stereocenters. The number of halogens is 1. The van der Waals surface area contributed by atoms with E-state index in [1.54, 1.807) is 16.9 Å². The van der Waals surface area contributed by atoms with Gasteiger partial charge in [-0.3, -0.25) is 4.68 Å². The van der Waals surface area contributed by atoms with Crippen LogP contribution in [0.25, 0.3) is 22.6 Å². The number of aryl methyl sites for hydroxylation is 2. The van der Waals surface area contributed by atoms with Crippen LogP contribution in [0, 0.1) is 17.4 Å². The van der Waals surface area contributed by atoms with Crippen molar-refractivity contribution in [1.29, 1.82) is 0 Å². The number of nitrogens with zero attached hydrogens (tertiary/aromatic N) is 3. The lowest BCUT2D eigenvalue weighted by molar-refractivity contribution is 0.627. The van der Waals surface area contributed by atoms with Crippen LogP contribution in [-0.4, -0.2) is 19.7 Å². The maximum absolute atomic E-state index is 13.6. The average molecular weight is 300 g/mol. The van der Waals surface area contributed by atoms with Gasteiger partial charge in [0.25, 0.3) is 0 Å². The Morgan fingerprint density at radius 3 is 2.67 bits per heavy atom. The first kappa shape index (κ1) is 13.6. The van der Waals surface area contributed by atoms with E-state index in [1.165, 1.54) is 12.1 Å². The molecule has 6 heteroatoms. The Hall–Kier alpha value is -2.34. The zero-order chi connectivity index (χ0) is 15.0. The maximum Gasteiger partial charge on any atom is 0.139 e. The number of aromatic nitrogens is 4. The molecule has 3 rings (SSSR count). The van der Waals surface area contributed by atoms with Crippen LogP contribution >= 0.6 is 12.2 Å². The van der Waals surface area contributed by atoms with Crippen molar-refractivity contribution >= 4 is 12.2 Å². The summed E-state index contributed by atoms with van der Waals surface area (Å²) in [6.45, 7) is 1.84. The van der Waals surface area contributed by atoms with E-state index < -0.39 is 0 Å². The highest BCUT2D eigenvalue weighted by atomic mass is 32.1. The van der Waals surface area contributed by atoms with Crippen LogP contribution in [0.3, 0.4) is 0 Å². The van der Waals surface area contributed by atoms with Gasteiger partial charge in [-0.1, -0.05) is 12.2 Å². The van der Waals surface area contributed by atoms with E-state index in [4.69, 9.17) is 12.2 Å². The third kappa shape index (κ3) is 2.90. The average Bonchev–Trinajstić information content (AvgIpc) is 2.83. The Balaban J connectivity index is 2.15. The fourth-order valence-corrected chi connectivity index (χ4v) is 2.39. The molecule has 0 bridgehead atoms. The number of benzene rings is 1. The van der Waals surface area contributed by atoms with Crippen molar-refractivity contribution in [2.24, 2.45) is 7.05 Å². The van der Waals surface area contributed by atoms with E-state index in [0.717, 1.165) is 16.8 Å². The van der Waals surface area contributed by atoms with Gasteiger partial charge in [0.2, 0.25) is 0 Å². The second-order valence-corrected chi connectivity index (χ2v) is 5.32. The number of nitrogens with one attached hydrogen (secondary N) is 1. The molecule has 1 aromatic carbocycles. The van der Waals surface area contributed by atoms with Gasteiger partial charge in [-0.15, -0.1) is 0 Å². The minimum atomic E-state index is -0.294. The van der Waals surface area contributed by atoms with E-state index in [-0.39, 0.29) is 5.82 Å². The SMILES string of the molecule is Cc1cc(F)cc(-c2nc(=S)cc(-c3cnn(C)c3)[nH]2)c1. The molecule has 0 saturated carbocycles. The highest BCUT2D eigenvalue weighted by Gasteiger charge is 2.07. The molecule has 0 aliphatic heterocycles. The molecule has 0 unspecified atom stereocenters. The molecule has 1 N–H and O–H groups in total. The number of hydrogen-bond acceptors (Lipinski definition) is 3. The predicted octanol–water partition coefficient (Wildman–Crippen LogP) is 3.65. The minimum absolute atomic E-state index is 0.294. The van der Waals surface area contributed by atoms with Crippen LogP contribution < -0.4 is 0 Å². The van der Waals surface area contributed by atoms with Crippen LogP contribution in [0.2, 0.25) is 0 Å². The Kier molecular flexibility index (Phi) is 3.39. The van der Waals surface area contributed by atoms with E-state index >= 15 is 0 Å². The molecule has 0 spiro atoms. The van der Waals surface area contributed by atoms with Crippen LogP contribution in [0.5, 0.6) is 0 Å². The highest BCUT2D eigenvalue weighted by molar-refractivity contribution is 7.71. The van der Waals surface area contributed by atoms with Crippen molar-refractivity contribution in [2.75, 3.05) is 0 Å². The van der Waals surface area contributed by atoms with Gasteiger partial charge in [-0.05, 0) is 36.8 Å². The molecule has 0 amide bonds. The summed E-state index contributed by atoms with van der Waals surface area (Å²) >= 11 is 5.21. The third-order valence-corrected chi connectivity index (χ3v) is 3.28. The van der Waals surface area contributed by atoms with E-state index in [0.29, 0.717) is 16.0 Å². The first-order valence-corrected chi connectivity index (χ1v) is 6.80. The minimum Gasteiger partial charge on any atom is -0.339 e. The van der Waals surface area contributed by atoms with Crippen LogP contribution in [0.1, 0.15) is 5.56 Å². The molecule has 0 fully saturated rings. The summed E-state index contributed by atoms with van der Waals surface area (Å²) in [7, 11) is 1.84. The van der Waals surface area contributed by atoms with E-state index in [1.807, 2.05) is 26.2 Å². The van der Waals surface area contributed by atoms with E-state index in [2.05, 4.69) is 15.1 Å². The van der Waals surface area contributed by atoms with Gasteiger partial charge >= 0.3 is 0 Å². The summed E-state index contributed by atoms with van der Waals surface area (Å²) < 4.78 is 15.7. The second-order valence-electron chi connectivity index (χ2n) is 4.90. The van der Waals surface area contributed by atoms with Crippen molar-refractivity contribution in [3.63, 3.8) is 0 Å². The van der Waals surface area contributed by atoms with Crippen LogP contribution in [0.15, 0.2) is 36.7 Å². The lowest BCUT2D eigenvalue weighted by atomic mass is 10.1. The molecule has 4 nitrogen and oxygen atoms in total. The highest BCUT2D eigenvalue weighted by Crippen LogP contribution is 2.22. The number of H-pyrrole nitrogens is 1. The third-order valence-electron chi connectivity index (χ3n) is 3.07. The molecular formula is C15H13FN4S. The lowest BCUT2D eigenvalue weighted by Gasteiger charge is -2.06.